The number of hydrogen-bond acceptors (Lipinski definition) is 9. The van der Waals surface area contributed by atoms with E-state index in [0.29, 0.717) is 10.2 Å². The number of aliphatic hydroxyl groups is 1. The highest BCUT2D eigenvalue weighted by molar-refractivity contribution is 7.22. The number of pyridine rings is 1. The maximum atomic E-state index is 14.6. The number of thiazole rings is 1. The van der Waals surface area contributed by atoms with Gasteiger partial charge in [-0.15, -0.1) is 0 Å². The number of halogens is 4. The third-order valence-corrected chi connectivity index (χ3v) is 8.36. The van der Waals surface area contributed by atoms with E-state index in [9.17, 15) is 37.1 Å². The monoisotopic (exact) mass is 646 g/mol. The lowest BCUT2D eigenvalue weighted by Gasteiger charge is -2.31. The summed E-state index contributed by atoms with van der Waals surface area (Å²) in [4.78, 5) is 45.6. The minimum absolute atomic E-state index is 0.0467. The summed E-state index contributed by atoms with van der Waals surface area (Å²) in [5, 5.41) is 16.1. The van der Waals surface area contributed by atoms with Crippen LogP contribution in [-0.2, 0) is 20.6 Å². The molecule has 0 saturated heterocycles. The molecule has 2 aromatic carbocycles. The largest absolute Gasteiger partial charge is 0.489 e. The summed E-state index contributed by atoms with van der Waals surface area (Å²) >= 11 is 1.02. The zero-order valence-electron chi connectivity index (χ0n) is 23.7. The van der Waals surface area contributed by atoms with E-state index >= 15 is 0 Å². The van der Waals surface area contributed by atoms with Crippen molar-refractivity contribution in [3.8, 4) is 17.0 Å². The standard InChI is InChI=1S/C29H26F4N6O5S/c1-13(34)23(40)39-26-37-18-8-5-15(9-19(18)45-26)24(41)36-11-28(43,29(31,32)33)20-10-17-22(44-12-27(17,2)25(35)42)21(38-20)14-3-6-16(30)7-4-14/h3-10,13,43H,11-12,34H2,1-2H3,(H2,35,42)(H,36,41)(H,37,39,40)/t13-,27+,28+/m1/s1. The van der Waals surface area contributed by atoms with Gasteiger partial charge in [-0.2, -0.15) is 13.2 Å². The van der Waals surface area contributed by atoms with Crippen LogP contribution in [-0.4, -0.2) is 58.2 Å². The summed E-state index contributed by atoms with van der Waals surface area (Å²) in [5.41, 5.74) is 5.11. The second-order valence-corrected chi connectivity index (χ2v) is 11.8. The fraction of sp³-hybridized carbons (Fsp3) is 0.276. The van der Waals surface area contributed by atoms with Crippen molar-refractivity contribution in [3.05, 3.63) is 71.2 Å². The maximum Gasteiger partial charge on any atom is 0.424 e. The highest BCUT2D eigenvalue weighted by atomic mass is 32.1. The summed E-state index contributed by atoms with van der Waals surface area (Å²) < 4.78 is 63.7. The van der Waals surface area contributed by atoms with Gasteiger partial charge in [0.2, 0.25) is 17.4 Å². The van der Waals surface area contributed by atoms with Crippen molar-refractivity contribution in [3.63, 3.8) is 0 Å². The molecule has 0 fully saturated rings. The number of aromatic nitrogens is 2. The molecule has 1 aliphatic heterocycles. The summed E-state index contributed by atoms with van der Waals surface area (Å²) in [5.74, 6) is -3.00. The second kappa shape index (κ2) is 11.4. The molecular weight excluding hydrogens is 620 g/mol. The number of amides is 3. The molecule has 1 aliphatic rings. The Morgan fingerprint density at radius 2 is 1.82 bits per heavy atom. The van der Waals surface area contributed by atoms with Gasteiger partial charge in [-0.1, -0.05) is 11.3 Å². The summed E-state index contributed by atoms with van der Waals surface area (Å²) in [7, 11) is 0. The Morgan fingerprint density at radius 3 is 2.44 bits per heavy atom. The smallest absolute Gasteiger partial charge is 0.424 e. The van der Waals surface area contributed by atoms with E-state index < -0.39 is 59.0 Å². The first-order valence-electron chi connectivity index (χ1n) is 13.3. The predicted octanol–water partition coefficient (Wildman–Crippen LogP) is 3.10. The number of anilines is 1. The zero-order chi connectivity index (χ0) is 32.9. The minimum atomic E-state index is -5.38. The third-order valence-electron chi connectivity index (χ3n) is 7.43. The molecule has 0 saturated carbocycles. The number of rotatable bonds is 8. The average molecular weight is 647 g/mol. The fourth-order valence-electron chi connectivity index (χ4n) is 4.59. The predicted molar refractivity (Wildman–Crippen MR) is 156 cm³/mol. The van der Waals surface area contributed by atoms with Gasteiger partial charge in [0.05, 0.1) is 28.5 Å². The molecular formula is C29H26F4N6O5S. The van der Waals surface area contributed by atoms with Crippen molar-refractivity contribution in [1.29, 1.82) is 0 Å². The Kier molecular flexibility index (Phi) is 8.01. The van der Waals surface area contributed by atoms with Gasteiger partial charge >= 0.3 is 6.18 Å². The van der Waals surface area contributed by atoms with E-state index in [-0.39, 0.29) is 39.9 Å². The molecule has 0 aliphatic carbocycles. The fourth-order valence-corrected chi connectivity index (χ4v) is 5.50. The van der Waals surface area contributed by atoms with Crippen molar-refractivity contribution >= 4 is 44.4 Å². The number of carbonyl (C=O) groups is 3. The van der Waals surface area contributed by atoms with Crippen LogP contribution >= 0.6 is 11.3 Å². The Morgan fingerprint density at radius 1 is 1.13 bits per heavy atom. The van der Waals surface area contributed by atoms with E-state index in [1.165, 1.54) is 44.2 Å². The van der Waals surface area contributed by atoms with Gasteiger partial charge in [0.25, 0.3) is 5.91 Å². The van der Waals surface area contributed by atoms with Gasteiger partial charge in [0.15, 0.2) is 5.13 Å². The van der Waals surface area contributed by atoms with Crippen LogP contribution in [0.25, 0.3) is 21.5 Å². The number of alkyl halides is 3. The molecule has 3 amide bonds. The van der Waals surface area contributed by atoms with Gasteiger partial charge in [0.1, 0.15) is 29.3 Å². The lowest BCUT2D eigenvalue weighted by molar-refractivity contribution is -0.265. The molecule has 7 N–H and O–H groups in total. The number of fused-ring (bicyclic) bond motifs is 2. The van der Waals surface area contributed by atoms with Crippen LogP contribution < -0.4 is 26.8 Å². The van der Waals surface area contributed by atoms with Crippen LogP contribution in [0.15, 0.2) is 48.5 Å². The van der Waals surface area contributed by atoms with Crippen LogP contribution in [0.5, 0.6) is 5.75 Å². The van der Waals surface area contributed by atoms with Gasteiger partial charge in [-0.25, -0.2) is 14.4 Å². The number of ether oxygens (including phenoxy) is 1. The highest BCUT2D eigenvalue weighted by Crippen LogP contribution is 2.47. The molecule has 4 aromatic rings. The number of primary amides is 1. The molecule has 0 bridgehead atoms. The lowest BCUT2D eigenvalue weighted by atomic mass is 9.81. The number of nitrogens with one attached hydrogen (secondary N) is 2. The number of benzene rings is 2. The Bertz CT molecular complexity index is 1830. The molecule has 11 nitrogen and oxygen atoms in total. The van der Waals surface area contributed by atoms with Gasteiger partial charge in [-0.05, 0) is 62.4 Å². The molecule has 5 rings (SSSR count). The van der Waals surface area contributed by atoms with Crippen molar-refractivity contribution < 1.29 is 41.8 Å². The lowest BCUT2D eigenvalue weighted by Crippen LogP contribution is -2.51. The van der Waals surface area contributed by atoms with Crippen molar-refractivity contribution in [2.45, 2.75) is 37.1 Å². The summed E-state index contributed by atoms with van der Waals surface area (Å²) in [6.45, 7) is 1.18. The van der Waals surface area contributed by atoms with Gasteiger partial charge < -0.3 is 31.9 Å². The number of hydrogen-bond donors (Lipinski definition) is 5. The topological polar surface area (TPSA) is 183 Å². The first-order valence-corrected chi connectivity index (χ1v) is 14.1. The van der Waals surface area contributed by atoms with E-state index in [1.54, 1.807) is 0 Å². The molecule has 0 radical (unpaired) electrons. The highest BCUT2D eigenvalue weighted by Gasteiger charge is 2.57. The summed E-state index contributed by atoms with van der Waals surface area (Å²) in [6, 6.07) is 8.83. The van der Waals surface area contributed by atoms with Crippen LogP contribution in [0.2, 0.25) is 0 Å². The SMILES string of the molecule is C[C@@H](N)C(=O)Nc1nc2ccc(C(=O)NC[C@](O)(c3cc4c(c(-c5ccc(F)cc5)n3)OC[C@]4(C)C(N)=O)C(F)(F)F)cc2s1. The Labute approximate surface area is 256 Å². The first kappa shape index (κ1) is 31.7. The zero-order valence-corrected chi connectivity index (χ0v) is 24.5. The normalized spacial score (nSPS) is 18.0. The molecule has 3 atom stereocenters. The Balaban J connectivity index is 1.50. The molecule has 236 valence electrons. The Hall–Kier alpha value is -4.67. The second-order valence-electron chi connectivity index (χ2n) is 10.7. The average Bonchev–Trinajstić information content (AvgIpc) is 3.55. The summed E-state index contributed by atoms with van der Waals surface area (Å²) in [6.07, 6.45) is -5.38. The van der Waals surface area contributed by atoms with Gasteiger partial charge in [-0.3, -0.25) is 14.4 Å². The van der Waals surface area contributed by atoms with E-state index in [2.05, 4.69) is 20.6 Å². The van der Waals surface area contributed by atoms with Crippen LogP contribution in [0, 0.1) is 5.82 Å². The van der Waals surface area contributed by atoms with E-state index in [1.807, 2.05) is 0 Å². The van der Waals surface area contributed by atoms with Crippen LogP contribution in [0.3, 0.4) is 0 Å². The van der Waals surface area contributed by atoms with Gasteiger partial charge in [0, 0.05) is 16.7 Å². The van der Waals surface area contributed by atoms with Crippen LogP contribution in [0.4, 0.5) is 22.7 Å². The van der Waals surface area contributed by atoms with Crippen LogP contribution in [0.1, 0.15) is 35.5 Å². The molecule has 0 unspecified atom stereocenters. The molecule has 0 spiro atoms. The minimum Gasteiger partial charge on any atom is -0.489 e. The van der Waals surface area contributed by atoms with Crippen molar-refractivity contribution in [2.75, 3.05) is 18.5 Å². The number of carbonyl (C=O) groups excluding carboxylic acids is 3. The number of nitrogens with two attached hydrogens (primary N) is 2. The molecule has 16 heteroatoms. The third kappa shape index (κ3) is 5.79. The van der Waals surface area contributed by atoms with E-state index in [0.717, 1.165) is 29.5 Å². The molecule has 3 heterocycles. The van der Waals surface area contributed by atoms with Crippen molar-refractivity contribution in [2.24, 2.45) is 11.5 Å². The molecule has 2 aromatic heterocycles. The van der Waals surface area contributed by atoms with E-state index in [4.69, 9.17) is 16.2 Å². The van der Waals surface area contributed by atoms with Crippen molar-refractivity contribution in [1.82, 2.24) is 15.3 Å². The number of nitrogens with zero attached hydrogens (tertiary/aromatic N) is 2. The first-order chi connectivity index (χ1) is 21.0. The maximum absolute atomic E-state index is 14.6. The quantitative estimate of drug-likeness (QED) is 0.181. The molecule has 45 heavy (non-hydrogen) atoms.